The molecule has 0 radical (unpaired) electrons. The third kappa shape index (κ3) is 4.99. The van der Waals surface area contributed by atoms with Crippen molar-refractivity contribution in [1.82, 2.24) is 9.88 Å². The lowest BCUT2D eigenvalue weighted by Crippen LogP contribution is -2.45. The summed E-state index contributed by atoms with van der Waals surface area (Å²) in [6.45, 7) is 2.20. The van der Waals surface area contributed by atoms with E-state index in [9.17, 15) is 13.6 Å². The van der Waals surface area contributed by atoms with Crippen molar-refractivity contribution in [2.75, 3.05) is 19.7 Å². The van der Waals surface area contributed by atoms with Gasteiger partial charge in [0.15, 0.2) is 11.6 Å². The Morgan fingerprint density at radius 1 is 1.21 bits per heavy atom. The molecule has 33 heavy (non-hydrogen) atoms. The molecule has 0 bridgehead atoms. The number of carbonyl (C=O) groups is 1. The number of nitrogens with zero attached hydrogens (tertiary/aromatic N) is 1. The van der Waals surface area contributed by atoms with Gasteiger partial charge in [-0.05, 0) is 80.5 Å². The highest BCUT2D eigenvalue weighted by atomic mass is 35.5. The normalized spacial score (nSPS) is 17.5. The number of benzene rings is 2. The minimum absolute atomic E-state index is 0. The molecular formula is C25H28ClF2N3O2. The van der Waals surface area contributed by atoms with Crippen LogP contribution >= 0.6 is 12.4 Å². The zero-order valence-corrected chi connectivity index (χ0v) is 19.1. The van der Waals surface area contributed by atoms with Crippen LogP contribution in [-0.2, 0) is 12.8 Å². The fraction of sp³-hybridized carbons (Fsp3) is 0.400. The number of amides is 1. The van der Waals surface area contributed by atoms with Gasteiger partial charge in [0.05, 0.1) is 0 Å². The smallest absolute Gasteiger partial charge is 0.249 e. The van der Waals surface area contributed by atoms with Crippen LogP contribution in [0.15, 0.2) is 36.5 Å². The monoisotopic (exact) mass is 475 g/mol. The predicted octanol–water partition coefficient (Wildman–Crippen LogP) is 4.62. The van der Waals surface area contributed by atoms with Crippen LogP contribution in [0, 0.1) is 17.6 Å². The number of halogens is 3. The Kier molecular flexibility index (Phi) is 6.91. The standard InChI is InChI=1S/C25H27F2N3O2.ClH/c26-17-5-8-23-20(10-17)16(12-29-23)2-1-9-30(13-15-3-4-15)18-11-21-19(25(28)31)6-7-22(27)24(21)32-14-18;/h5-8,10,12,15,18,29H,1-4,9,11,13-14H2,(H2,28,31);1H/t18-;/m1./s1. The summed E-state index contributed by atoms with van der Waals surface area (Å²) in [6, 6.07) is 7.55. The lowest BCUT2D eigenvalue weighted by atomic mass is 9.95. The van der Waals surface area contributed by atoms with Gasteiger partial charge in [-0.2, -0.15) is 0 Å². The second-order valence-electron chi connectivity index (χ2n) is 8.98. The minimum atomic E-state index is -0.564. The molecule has 1 saturated carbocycles. The van der Waals surface area contributed by atoms with Crippen molar-refractivity contribution in [1.29, 1.82) is 0 Å². The second-order valence-corrected chi connectivity index (χ2v) is 8.98. The number of primary amides is 1. The Balaban J connectivity index is 0.00000259. The number of nitrogens with one attached hydrogen (secondary N) is 1. The van der Waals surface area contributed by atoms with Gasteiger partial charge in [0.2, 0.25) is 5.91 Å². The Morgan fingerprint density at radius 2 is 2.03 bits per heavy atom. The van der Waals surface area contributed by atoms with Crippen LogP contribution in [0.1, 0.15) is 40.7 Å². The molecule has 1 atom stereocenters. The van der Waals surface area contributed by atoms with Crippen molar-refractivity contribution >= 4 is 29.2 Å². The van der Waals surface area contributed by atoms with E-state index in [-0.39, 0.29) is 30.0 Å². The van der Waals surface area contributed by atoms with E-state index in [1.807, 2.05) is 6.20 Å². The van der Waals surface area contributed by atoms with Crippen LogP contribution in [0.4, 0.5) is 8.78 Å². The number of H-pyrrole nitrogens is 1. The Labute approximate surface area is 197 Å². The fourth-order valence-electron chi connectivity index (χ4n) is 4.78. The first-order chi connectivity index (χ1) is 15.5. The highest BCUT2D eigenvalue weighted by Gasteiger charge is 2.33. The van der Waals surface area contributed by atoms with E-state index < -0.39 is 11.7 Å². The summed E-state index contributed by atoms with van der Waals surface area (Å²) < 4.78 is 33.7. The highest BCUT2D eigenvalue weighted by molar-refractivity contribution is 5.95. The molecular weight excluding hydrogens is 448 g/mol. The van der Waals surface area contributed by atoms with Crippen molar-refractivity contribution in [2.24, 2.45) is 11.7 Å². The van der Waals surface area contributed by atoms with Gasteiger partial charge in [-0.3, -0.25) is 9.69 Å². The van der Waals surface area contributed by atoms with Crippen LogP contribution < -0.4 is 10.5 Å². The summed E-state index contributed by atoms with van der Waals surface area (Å²) >= 11 is 0. The van der Waals surface area contributed by atoms with E-state index in [4.69, 9.17) is 10.5 Å². The Morgan fingerprint density at radius 3 is 2.79 bits per heavy atom. The van der Waals surface area contributed by atoms with E-state index in [2.05, 4.69) is 9.88 Å². The first-order valence-electron chi connectivity index (χ1n) is 11.2. The van der Waals surface area contributed by atoms with Gasteiger partial charge in [0.25, 0.3) is 0 Å². The predicted molar refractivity (Wildman–Crippen MR) is 126 cm³/mol. The molecule has 0 spiro atoms. The maximum atomic E-state index is 14.3. The van der Waals surface area contributed by atoms with E-state index >= 15 is 0 Å². The summed E-state index contributed by atoms with van der Waals surface area (Å²) in [7, 11) is 0. The molecule has 5 rings (SSSR count). The number of aryl methyl sites for hydroxylation is 1. The number of rotatable bonds is 8. The molecule has 1 aliphatic heterocycles. The number of ether oxygens (including phenoxy) is 1. The van der Waals surface area contributed by atoms with Crippen molar-refractivity contribution < 1.29 is 18.3 Å². The first-order valence-corrected chi connectivity index (χ1v) is 11.2. The lowest BCUT2D eigenvalue weighted by molar-refractivity contribution is 0.0980. The number of fused-ring (bicyclic) bond motifs is 2. The van der Waals surface area contributed by atoms with Gasteiger partial charge < -0.3 is 15.5 Å². The number of carbonyl (C=O) groups excluding carboxylic acids is 1. The summed E-state index contributed by atoms with van der Waals surface area (Å²) in [5.41, 5.74) is 8.48. The molecule has 0 unspecified atom stereocenters. The number of aromatic amines is 1. The largest absolute Gasteiger partial charge is 0.489 e. The Hall–Kier alpha value is -2.64. The van der Waals surface area contributed by atoms with E-state index in [0.29, 0.717) is 30.1 Å². The molecule has 1 fully saturated rings. The highest BCUT2D eigenvalue weighted by Crippen LogP contribution is 2.35. The average molecular weight is 476 g/mol. The molecule has 3 aromatic rings. The van der Waals surface area contributed by atoms with Gasteiger partial charge in [-0.25, -0.2) is 8.78 Å². The quantitative estimate of drug-likeness (QED) is 0.499. The van der Waals surface area contributed by atoms with Crippen LogP contribution in [0.25, 0.3) is 10.9 Å². The first kappa shape index (κ1) is 23.5. The Bertz CT molecular complexity index is 1160. The zero-order valence-electron chi connectivity index (χ0n) is 18.3. The average Bonchev–Trinajstić information content (AvgIpc) is 3.51. The van der Waals surface area contributed by atoms with E-state index in [0.717, 1.165) is 42.4 Å². The number of aromatic nitrogens is 1. The number of hydrogen-bond donors (Lipinski definition) is 2. The molecule has 1 aliphatic carbocycles. The SMILES string of the molecule is Cl.NC(=O)c1ccc(F)c2c1C[C@@H](N(CCCc1c[nH]c3ccc(F)cc13)CC1CC1)CO2. The summed E-state index contributed by atoms with van der Waals surface area (Å²) in [6.07, 6.45) is 6.68. The van der Waals surface area contributed by atoms with Crippen molar-refractivity contribution in [3.8, 4) is 5.75 Å². The molecule has 8 heteroatoms. The summed E-state index contributed by atoms with van der Waals surface area (Å²) in [5, 5.41) is 0.926. The molecule has 1 amide bonds. The molecule has 2 aliphatic rings. The molecule has 2 aromatic carbocycles. The van der Waals surface area contributed by atoms with Crippen molar-refractivity contribution in [3.63, 3.8) is 0 Å². The topological polar surface area (TPSA) is 71.4 Å². The lowest BCUT2D eigenvalue weighted by Gasteiger charge is -2.36. The minimum Gasteiger partial charge on any atom is -0.489 e. The third-order valence-corrected chi connectivity index (χ3v) is 6.66. The van der Waals surface area contributed by atoms with Crippen LogP contribution in [0.5, 0.6) is 5.75 Å². The van der Waals surface area contributed by atoms with Crippen LogP contribution in [0.2, 0.25) is 0 Å². The van der Waals surface area contributed by atoms with Gasteiger partial charge in [0, 0.05) is 40.8 Å². The zero-order chi connectivity index (χ0) is 22.2. The van der Waals surface area contributed by atoms with Crippen LogP contribution in [-0.4, -0.2) is 41.5 Å². The summed E-state index contributed by atoms with van der Waals surface area (Å²) in [4.78, 5) is 17.5. The van der Waals surface area contributed by atoms with E-state index in [1.165, 1.54) is 31.0 Å². The molecule has 1 aromatic heterocycles. The van der Waals surface area contributed by atoms with E-state index in [1.54, 1.807) is 12.1 Å². The maximum Gasteiger partial charge on any atom is 0.249 e. The van der Waals surface area contributed by atoms with Gasteiger partial charge in [-0.1, -0.05) is 0 Å². The number of nitrogens with two attached hydrogens (primary N) is 1. The van der Waals surface area contributed by atoms with Crippen molar-refractivity contribution in [2.45, 2.75) is 38.1 Å². The molecule has 5 nitrogen and oxygen atoms in total. The van der Waals surface area contributed by atoms with Crippen molar-refractivity contribution in [3.05, 3.63) is 64.9 Å². The third-order valence-electron chi connectivity index (χ3n) is 6.66. The molecule has 176 valence electrons. The maximum absolute atomic E-state index is 14.3. The summed E-state index contributed by atoms with van der Waals surface area (Å²) in [5.74, 6) is -0.412. The van der Waals surface area contributed by atoms with Gasteiger partial charge >= 0.3 is 0 Å². The van der Waals surface area contributed by atoms with Gasteiger partial charge in [0.1, 0.15) is 12.4 Å². The number of hydrogen-bond acceptors (Lipinski definition) is 3. The van der Waals surface area contributed by atoms with Gasteiger partial charge in [-0.15, -0.1) is 12.4 Å². The molecule has 3 N–H and O–H groups in total. The fourth-order valence-corrected chi connectivity index (χ4v) is 4.78. The molecule has 2 heterocycles. The van der Waals surface area contributed by atoms with Crippen LogP contribution in [0.3, 0.4) is 0 Å². The second kappa shape index (κ2) is 9.69. The molecule has 0 saturated heterocycles.